The summed E-state index contributed by atoms with van der Waals surface area (Å²) >= 11 is 0.733. The molecule has 0 aromatic carbocycles. The molecule has 0 bridgehead atoms. The monoisotopic (exact) mass is 283 g/mol. The van der Waals surface area contributed by atoms with Crippen molar-refractivity contribution in [1.29, 1.82) is 0 Å². The molecular formula is H4CuGaInS. The van der Waals surface area contributed by atoms with Crippen LogP contribution in [0.1, 0.15) is 0 Å². The van der Waals surface area contributed by atoms with Gasteiger partial charge >= 0.3 is 51.1 Å². The van der Waals surface area contributed by atoms with E-state index in [2.05, 4.69) is 8.92 Å². The Morgan fingerprint density at radius 3 is 1.25 bits per heavy atom. The quantitative estimate of drug-likeness (QED) is 0.504. The van der Waals surface area contributed by atoms with Crippen molar-refractivity contribution < 1.29 is 17.1 Å². The molecule has 0 heterocycles. The van der Waals surface area contributed by atoms with Gasteiger partial charge in [0.1, 0.15) is 0 Å². The maximum absolute atomic E-state index is 4.25. The molecule has 27 valence electrons. The second kappa shape index (κ2) is 18.7. The summed E-state index contributed by atoms with van der Waals surface area (Å²) in [5, 5.41) is 0. The zero-order valence-electron chi connectivity index (χ0n) is 1.42. The fourth-order valence-corrected chi connectivity index (χ4v) is 0. The predicted molar refractivity (Wildman–Crippen MR) is 24.7 cm³/mol. The first-order chi connectivity index (χ1) is 1.00. The van der Waals surface area contributed by atoms with Crippen molar-refractivity contribution in [3.63, 3.8) is 0 Å². The van der Waals surface area contributed by atoms with Gasteiger partial charge in [0.05, 0.1) is 0 Å². The van der Waals surface area contributed by atoms with Crippen LogP contribution in [-0.4, -0.2) is 42.1 Å². The Labute approximate surface area is 67.2 Å². The molecule has 0 aromatic heterocycles. The summed E-state index contributed by atoms with van der Waals surface area (Å²) in [6, 6.07) is 0. The molecule has 0 nitrogen and oxygen atoms in total. The molecule has 0 saturated heterocycles. The first kappa shape index (κ1) is 16.3. The molecule has 0 atom stereocenters. The molecule has 0 saturated carbocycles. The summed E-state index contributed by atoms with van der Waals surface area (Å²) < 4.78 is 0. The average molecular weight is 284 g/mol. The third-order valence-electron chi connectivity index (χ3n) is 0. The van der Waals surface area contributed by atoms with Gasteiger partial charge in [-0.1, -0.05) is 0 Å². The Morgan fingerprint density at radius 2 is 1.25 bits per heavy atom. The molecule has 4 heavy (non-hydrogen) atoms. The van der Waals surface area contributed by atoms with E-state index in [4.69, 9.17) is 0 Å². The molecule has 0 unspecified atom stereocenters. The third-order valence-corrected chi connectivity index (χ3v) is 0. The zero-order chi connectivity index (χ0) is 2.00. The molecule has 0 N–H and O–H groups in total. The molecule has 0 spiro atoms. The second-order valence-electron chi connectivity index (χ2n) is 0. The van der Waals surface area contributed by atoms with Crippen molar-refractivity contribution in [3.8, 4) is 0 Å². The SMILES string of the molecule is [Cu].[GaH3].[S]=[InH]. The molecule has 0 fully saturated rings. The number of hydrogen-bond donors (Lipinski definition) is 0. The Bertz CT molecular complexity index is 8.00. The van der Waals surface area contributed by atoms with Crippen molar-refractivity contribution in [2.45, 2.75) is 0 Å². The molecule has 0 rings (SSSR count). The van der Waals surface area contributed by atoms with E-state index in [1.54, 1.807) is 0 Å². The Balaban J connectivity index is -0.00000000500. The number of hydrogen-bond acceptors (Lipinski definition) is 1. The Kier molecular flexibility index (Phi) is 76.5. The van der Waals surface area contributed by atoms with Gasteiger partial charge in [0.15, 0.2) is 0 Å². The molecule has 1 radical (unpaired) electrons. The van der Waals surface area contributed by atoms with Crippen LogP contribution in [0, 0.1) is 0 Å². The molecule has 0 aliphatic carbocycles. The van der Waals surface area contributed by atoms with Gasteiger partial charge in [-0.05, 0) is 0 Å². The summed E-state index contributed by atoms with van der Waals surface area (Å²) in [4.78, 5) is 0. The van der Waals surface area contributed by atoms with E-state index in [0.29, 0.717) is 0 Å². The fourth-order valence-electron chi connectivity index (χ4n) is 0. The summed E-state index contributed by atoms with van der Waals surface area (Å²) in [5.41, 5.74) is 0. The predicted octanol–water partition coefficient (Wildman–Crippen LogP) is -1.19. The van der Waals surface area contributed by atoms with E-state index in [-0.39, 0.29) is 36.9 Å². The van der Waals surface area contributed by atoms with Gasteiger partial charge in [0, 0.05) is 17.1 Å². The van der Waals surface area contributed by atoms with Crippen molar-refractivity contribution in [2.24, 2.45) is 0 Å². The van der Waals surface area contributed by atoms with Crippen molar-refractivity contribution in [3.05, 3.63) is 0 Å². The van der Waals surface area contributed by atoms with Crippen LogP contribution in [0.3, 0.4) is 0 Å². The summed E-state index contributed by atoms with van der Waals surface area (Å²) in [6.07, 6.45) is 0. The number of rotatable bonds is 0. The fraction of sp³-hybridized carbons (Fsp3) is 0. The zero-order valence-corrected chi connectivity index (χ0v) is 7.21. The van der Waals surface area contributed by atoms with Crippen LogP contribution in [0.4, 0.5) is 0 Å². The molecule has 0 amide bonds. The first-order valence-electron chi connectivity index (χ1n) is 0.289. The summed E-state index contributed by atoms with van der Waals surface area (Å²) in [7, 11) is 4.25. The average Bonchev–Trinajstić information content (AvgIpc) is 1.00. The van der Waals surface area contributed by atoms with Crippen LogP contribution in [-0.2, 0) is 17.1 Å². The van der Waals surface area contributed by atoms with Crippen LogP contribution in [0.5, 0.6) is 0 Å². The van der Waals surface area contributed by atoms with E-state index in [0.717, 1.165) is 22.4 Å². The topological polar surface area (TPSA) is 0 Å². The van der Waals surface area contributed by atoms with Gasteiger partial charge in [0.2, 0.25) is 0 Å². The van der Waals surface area contributed by atoms with Crippen LogP contribution < -0.4 is 0 Å². The van der Waals surface area contributed by atoms with Gasteiger partial charge in [-0.15, -0.1) is 0 Å². The van der Waals surface area contributed by atoms with E-state index < -0.39 is 0 Å². The normalized spacial score (nSPS) is 0.750. The van der Waals surface area contributed by atoms with Crippen LogP contribution >= 0.6 is 8.92 Å². The first-order valence-corrected chi connectivity index (χ1v) is 5.81. The molecule has 4 heteroatoms. The maximum atomic E-state index is 4.25. The van der Waals surface area contributed by atoms with Crippen LogP contribution in [0.15, 0.2) is 0 Å². The van der Waals surface area contributed by atoms with Gasteiger partial charge < -0.3 is 0 Å². The summed E-state index contributed by atoms with van der Waals surface area (Å²) in [5.74, 6) is 0. The van der Waals surface area contributed by atoms with Crippen molar-refractivity contribution >= 4 is 51.1 Å². The van der Waals surface area contributed by atoms with Crippen molar-refractivity contribution in [2.75, 3.05) is 0 Å². The molecule has 0 aliphatic rings. The molecule has 0 aliphatic heterocycles. The van der Waals surface area contributed by atoms with Gasteiger partial charge in [-0.25, -0.2) is 0 Å². The summed E-state index contributed by atoms with van der Waals surface area (Å²) in [6.45, 7) is 0. The Morgan fingerprint density at radius 1 is 1.25 bits per heavy atom. The van der Waals surface area contributed by atoms with E-state index >= 15 is 0 Å². The van der Waals surface area contributed by atoms with Crippen LogP contribution in [0.25, 0.3) is 0 Å². The van der Waals surface area contributed by atoms with Gasteiger partial charge in [0.25, 0.3) is 0 Å². The Hall–Kier alpha value is 2.25. The van der Waals surface area contributed by atoms with E-state index in [9.17, 15) is 0 Å². The standard InChI is InChI=1S/Cu.Ga.In.S.4H. The minimum absolute atomic E-state index is 0. The third kappa shape index (κ3) is 8.87. The molecule has 0 aromatic rings. The van der Waals surface area contributed by atoms with E-state index in [1.807, 2.05) is 0 Å². The van der Waals surface area contributed by atoms with Crippen LogP contribution in [0.2, 0.25) is 0 Å². The molecular weight excluding hydrogens is 280 g/mol. The van der Waals surface area contributed by atoms with E-state index in [1.165, 1.54) is 0 Å². The second-order valence-corrected chi connectivity index (χ2v) is 0. The minimum atomic E-state index is 0. The van der Waals surface area contributed by atoms with Crippen molar-refractivity contribution in [1.82, 2.24) is 0 Å². The van der Waals surface area contributed by atoms with Gasteiger partial charge in [-0.2, -0.15) is 0 Å². The van der Waals surface area contributed by atoms with Gasteiger partial charge in [-0.3, -0.25) is 0 Å².